The average Bonchev–Trinajstić information content (AvgIpc) is 3.38. The van der Waals surface area contributed by atoms with Gasteiger partial charge in [-0.1, -0.05) is 38.1 Å². The summed E-state index contributed by atoms with van der Waals surface area (Å²) in [6, 6.07) is 10.3. The number of guanidine groups is 1. The van der Waals surface area contributed by atoms with E-state index in [1.807, 2.05) is 44.6 Å². The first-order chi connectivity index (χ1) is 14.0. The van der Waals surface area contributed by atoms with Crippen LogP contribution in [-0.4, -0.2) is 39.0 Å². The Balaban J connectivity index is 1.52. The molecule has 2 aromatic heterocycles. The number of rotatable bonds is 7. The zero-order valence-corrected chi connectivity index (χ0v) is 17.5. The van der Waals surface area contributed by atoms with Crippen LogP contribution in [-0.2, 0) is 18.4 Å². The van der Waals surface area contributed by atoms with Crippen molar-refractivity contribution in [1.29, 1.82) is 0 Å². The number of hydrogen-bond donors (Lipinski definition) is 2. The van der Waals surface area contributed by atoms with Gasteiger partial charge in [0.15, 0.2) is 11.8 Å². The Morgan fingerprint density at radius 3 is 2.59 bits per heavy atom. The summed E-state index contributed by atoms with van der Waals surface area (Å²) in [7, 11) is 0. The second-order valence-corrected chi connectivity index (χ2v) is 7.75. The van der Waals surface area contributed by atoms with Crippen molar-refractivity contribution in [2.24, 2.45) is 4.99 Å². The minimum Gasteiger partial charge on any atom is -0.357 e. The summed E-state index contributed by atoms with van der Waals surface area (Å²) in [5.74, 6) is 1.95. The molecule has 0 saturated carbocycles. The molecule has 0 aliphatic rings. The van der Waals surface area contributed by atoms with Crippen molar-refractivity contribution in [3.63, 3.8) is 0 Å². The Labute approximate surface area is 171 Å². The molecule has 0 radical (unpaired) electrons. The topological polar surface area (TPSA) is 93.2 Å². The normalized spacial score (nSPS) is 12.2. The number of nitrogens with one attached hydrogen (secondary N) is 2. The Bertz CT molecular complexity index is 905. The third-order valence-corrected chi connectivity index (χ3v) is 4.24. The summed E-state index contributed by atoms with van der Waals surface area (Å²) in [5, 5.41) is 14.9. The minimum absolute atomic E-state index is 0.162. The fourth-order valence-electron chi connectivity index (χ4n) is 2.68. The van der Waals surface area contributed by atoms with E-state index in [0.29, 0.717) is 18.3 Å². The zero-order valence-electron chi connectivity index (χ0n) is 17.5. The smallest absolute Gasteiger partial charge is 0.232 e. The van der Waals surface area contributed by atoms with Crippen molar-refractivity contribution in [1.82, 2.24) is 30.6 Å². The predicted molar refractivity (Wildman–Crippen MR) is 113 cm³/mol. The molecule has 8 nitrogen and oxygen atoms in total. The first-order valence-electron chi connectivity index (χ1n) is 9.90. The number of benzene rings is 1. The summed E-state index contributed by atoms with van der Waals surface area (Å²) in [5.41, 5.74) is 2.14. The van der Waals surface area contributed by atoms with Gasteiger partial charge in [0.1, 0.15) is 6.54 Å². The van der Waals surface area contributed by atoms with Gasteiger partial charge < -0.3 is 15.2 Å². The van der Waals surface area contributed by atoms with E-state index >= 15 is 0 Å². The first kappa shape index (κ1) is 20.6. The van der Waals surface area contributed by atoms with E-state index in [9.17, 15) is 0 Å². The molecule has 0 bridgehead atoms. The molecule has 1 aromatic carbocycles. The van der Waals surface area contributed by atoms with Crippen molar-refractivity contribution in [3.8, 4) is 5.69 Å². The van der Waals surface area contributed by atoms with Crippen LogP contribution in [0.1, 0.15) is 45.0 Å². The molecular weight excluding hydrogens is 366 g/mol. The van der Waals surface area contributed by atoms with Crippen molar-refractivity contribution < 1.29 is 4.52 Å². The lowest BCUT2D eigenvalue weighted by molar-refractivity contribution is 0.318. The van der Waals surface area contributed by atoms with E-state index < -0.39 is 0 Å². The van der Waals surface area contributed by atoms with Crippen LogP contribution in [0.5, 0.6) is 0 Å². The Hall–Kier alpha value is -3.16. The molecule has 154 valence electrons. The lowest BCUT2D eigenvalue weighted by Gasteiger charge is -2.11. The van der Waals surface area contributed by atoms with Gasteiger partial charge in [-0.2, -0.15) is 10.1 Å². The first-order valence-corrected chi connectivity index (χ1v) is 9.90. The van der Waals surface area contributed by atoms with Crippen LogP contribution in [0.3, 0.4) is 0 Å². The summed E-state index contributed by atoms with van der Waals surface area (Å²) >= 11 is 0. The highest BCUT2D eigenvalue weighted by Gasteiger charge is 2.21. The number of aliphatic imine (C=N–C) groups is 1. The van der Waals surface area contributed by atoms with E-state index in [2.05, 4.69) is 55.1 Å². The van der Waals surface area contributed by atoms with Crippen molar-refractivity contribution in [3.05, 3.63) is 60.0 Å². The van der Waals surface area contributed by atoms with Gasteiger partial charge in [0.25, 0.3) is 0 Å². The second kappa shape index (κ2) is 9.36. The molecule has 0 aliphatic carbocycles. The quantitative estimate of drug-likeness (QED) is 0.472. The molecule has 0 fully saturated rings. The number of aromatic nitrogens is 4. The molecule has 2 N–H and O–H groups in total. The van der Waals surface area contributed by atoms with Crippen molar-refractivity contribution >= 4 is 5.96 Å². The van der Waals surface area contributed by atoms with E-state index in [4.69, 9.17) is 4.52 Å². The molecule has 0 amide bonds. The molecule has 0 aliphatic heterocycles. The van der Waals surface area contributed by atoms with E-state index in [1.54, 1.807) is 6.20 Å². The third-order valence-electron chi connectivity index (χ3n) is 4.24. The van der Waals surface area contributed by atoms with Crippen LogP contribution in [0.25, 0.3) is 5.69 Å². The molecule has 29 heavy (non-hydrogen) atoms. The molecule has 2 heterocycles. The number of hydrogen-bond acceptors (Lipinski definition) is 5. The monoisotopic (exact) mass is 395 g/mol. The number of nitrogens with zero attached hydrogens (tertiary/aromatic N) is 5. The Kier molecular flexibility index (Phi) is 6.64. The molecule has 0 unspecified atom stereocenters. The summed E-state index contributed by atoms with van der Waals surface area (Å²) in [6.45, 7) is 10.1. The minimum atomic E-state index is -0.162. The van der Waals surface area contributed by atoms with Gasteiger partial charge in [0, 0.05) is 30.9 Å². The van der Waals surface area contributed by atoms with Crippen LogP contribution >= 0.6 is 0 Å². The van der Waals surface area contributed by atoms with E-state index in [-0.39, 0.29) is 5.41 Å². The van der Waals surface area contributed by atoms with Crippen LogP contribution in [0.4, 0.5) is 0 Å². The molecule has 0 saturated heterocycles. The largest absolute Gasteiger partial charge is 0.357 e. The highest BCUT2D eigenvalue weighted by atomic mass is 16.5. The Morgan fingerprint density at radius 2 is 1.97 bits per heavy atom. The van der Waals surface area contributed by atoms with Gasteiger partial charge >= 0.3 is 0 Å². The van der Waals surface area contributed by atoms with E-state index in [1.165, 1.54) is 5.56 Å². The standard InChI is InChI=1S/C21H29N7O/c1-5-22-20(24-15-18-26-19(29-27-18)21(2,3)4)23-13-11-16-7-9-17(10-8-16)28-14-6-12-25-28/h6-10,12,14H,5,11,13,15H2,1-4H3,(H2,22,23,24). The second-order valence-electron chi connectivity index (χ2n) is 7.75. The fourth-order valence-corrected chi connectivity index (χ4v) is 2.68. The highest BCUT2D eigenvalue weighted by Crippen LogP contribution is 2.19. The lowest BCUT2D eigenvalue weighted by Crippen LogP contribution is -2.38. The Morgan fingerprint density at radius 1 is 1.17 bits per heavy atom. The van der Waals surface area contributed by atoms with Crippen LogP contribution < -0.4 is 10.6 Å². The molecular formula is C21H29N7O. The maximum Gasteiger partial charge on any atom is 0.232 e. The maximum atomic E-state index is 5.32. The zero-order chi connectivity index (χ0) is 20.7. The van der Waals surface area contributed by atoms with Crippen LogP contribution in [0.15, 0.2) is 52.2 Å². The average molecular weight is 396 g/mol. The maximum absolute atomic E-state index is 5.32. The van der Waals surface area contributed by atoms with E-state index in [0.717, 1.165) is 31.2 Å². The van der Waals surface area contributed by atoms with Gasteiger partial charge in [-0.3, -0.25) is 0 Å². The van der Waals surface area contributed by atoms with Gasteiger partial charge in [-0.25, -0.2) is 9.67 Å². The predicted octanol–water partition coefficient (Wildman–Crippen LogP) is 2.85. The van der Waals surface area contributed by atoms with Gasteiger partial charge in [0.05, 0.1) is 5.69 Å². The highest BCUT2D eigenvalue weighted by molar-refractivity contribution is 5.79. The van der Waals surface area contributed by atoms with Gasteiger partial charge in [0.2, 0.25) is 5.89 Å². The molecule has 3 aromatic rings. The molecule has 8 heteroatoms. The third kappa shape index (κ3) is 5.91. The van der Waals surface area contributed by atoms with Crippen molar-refractivity contribution in [2.75, 3.05) is 13.1 Å². The van der Waals surface area contributed by atoms with Crippen molar-refractivity contribution in [2.45, 2.75) is 46.1 Å². The van der Waals surface area contributed by atoms with Crippen LogP contribution in [0, 0.1) is 0 Å². The lowest BCUT2D eigenvalue weighted by atomic mass is 9.97. The van der Waals surface area contributed by atoms with Gasteiger partial charge in [-0.15, -0.1) is 0 Å². The molecule has 0 spiro atoms. The summed E-state index contributed by atoms with van der Waals surface area (Å²) in [4.78, 5) is 8.98. The summed E-state index contributed by atoms with van der Waals surface area (Å²) < 4.78 is 7.17. The fraction of sp³-hybridized carbons (Fsp3) is 0.429. The molecule has 0 atom stereocenters. The molecule has 3 rings (SSSR count). The van der Waals surface area contributed by atoms with Gasteiger partial charge in [-0.05, 0) is 37.1 Å². The SMILES string of the molecule is CCNC(=NCc1noc(C(C)(C)C)n1)NCCc1ccc(-n2cccn2)cc1. The summed E-state index contributed by atoms with van der Waals surface area (Å²) in [6.07, 6.45) is 4.60. The van der Waals surface area contributed by atoms with Crippen LogP contribution in [0.2, 0.25) is 0 Å².